The number of benzene rings is 3. The maximum absolute atomic E-state index is 12.4. The maximum Gasteiger partial charge on any atom is 0.342 e. The van der Waals surface area contributed by atoms with Gasteiger partial charge >= 0.3 is 5.97 Å². The topological polar surface area (TPSA) is 91.4 Å². The lowest BCUT2D eigenvalue weighted by Gasteiger charge is -2.11. The minimum absolute atomic E-state index is 0.145. The van der Waals surface area contributed by atoms with Crippen LogP contribution in [0.1, 0.15) is 23.9 Å². The SMILES string of the molecule is CCn1c(S/C(=C\c2cc(C)n(-c3ccc(-c4ccccc4)cc3)c2C)C(=O)O)nnc1-c1cc(OC)cc(OC)c1. The van der Waals surface area contributed by atoms with Crippen LogP contribution in [0.2, 0.25) is 0 Å². The van der Waals surface area contributed by atoms with Gasteiger partial charge in [0.25, 0.3) is 0 Å². The number of carboxylic acid groups (broad SMARTS) is 1. The fourth-order valence-corrected chi connectivity index (χ4v) is 5.82. The number of thioether (sulfide) groups is 1. The molecule has 0 bridgehead atoms. The first-order chi connectivity index (χ1) is 20.3. The molecule has 0 spiro atoms. The second-order valence-electron chi connectivity index (χ2n) is 9.64. The van der Waals surface area contributed by atoms with Crippen molar-refractivity contribution in [1.82, 2.24) is 19.3 Å². The molecule has 5 aromatic rings. The zero-order chi connectivity index (χ0) is 29.8. The number of carboxylic acids is 1. The summed E-state index contributed by atoms with van der Waals surface area (Å²) >= 11 is 1.08. The van der Waals surface area contributed by atoms with Crippen LogP contribution in [0.25, 0.3) is 34.3 Å². The van der Waals surface area contributed by atoms with Gasteiger partial charge in [-0.1, -0.05) is 42.5 Å². The van der Waals surface area contributed by atoms with E-state index in [0.717, 1.165) is 51.1 Å². The predicted octanol–water partition coefficient (Wildman–Crippen LogP) is 7.27. The van der Waals surface area contributed by atoms with Crippen LogP contribution in [0, 0.1) is 13.8 Å². The molecule has 0 amide bonds. The normalized spacial score (nSPS) is 11.5. The average Bonchev–Trinajstić information content (AvgIpc) is 3.55. The standard InChI is InChI=1S/C33H32N4O4S/c1-6-36-31(26-17-28(40-4)20-29(18-26)41-5)34-35-33(36)42-30(32(38)39)19-25-16-21(2)37(22(25)3)27-14-12-24(13-15-27)23-10-8-7-9-11-23/h7-20H,6H2,1-5H3,(H,38,39)/b30-19-. The molecule has 0 unspecified atom stereocenters. The summed E-state index contributed by atoms with van der Waals surface area (Å²) in [5.74, 6) is 0.812. The quantitative estimate of drug-likeness (QED) is 0.137. The van der Waals surface area contributed by atoms with Gasteiger partial charge in [-0.3, -0.25) is 0 Å². The number of methoxy groups -OCH3 is 2. The Labute approximate surface area is 249 Å². The first-order valence-electron chi connectivity index (χ1n) is 13.5. The maximum atomic E-state index is 12.4. The number of carbonyl (C=O) groups is 1. The zero-order valence-corrected chi connectivity index (χ0v) is 25.0. The molecule has 0 aliphatic heterocycles. The van der Waals surface area contributed by atoms with E-state index in [-0.39, 0.29) is 4.91 Å². The summed E-state index contributed by atoms with van der Waals surface area (Å²) in [5, 5.41) is 19.4. The Balaban J connectivity index is 1.46. The van der Waals surface area contributed by atoms with Gasteiger partial charge in [-0.05, 0) is 85.6 Å². The summed E-state index contributed by atoms with van der Waals surface area (Å²) in [5.41, 5.74) is 6.84. The van der Waals surface area contributed by atoms with E-state index in [1.165, 1.54) is 0 Å². The highest BCUT2D eigenvalue weighted by atomic mass is 32.2. The minimum atomic E-state index is -1.03. The number of rotatable bonds is 10. The third kappa shape index (κ3) is 5.82. The lowest BCUT2D eigenvalue weighted by atomic mass is 10.1. The Morgan fingerprint density at radius 1 is 0.881 bits per heavy atom. The number of aliphatic carboxylic acids is 1. The summed E-state index contributed by atoms with van der Waals surface area (Å²) in [6, 6.07) is 26.1. The Morgan fingerprint density at radius 2 is 1.52 bits per heavy atom. The third-order valence-electron chi connectivity index (χ3n) is 7.04. The van der Waals surface area contributed by atoms with E-state index in [9.17, 15) is 9.90 Å². The van der Waals surface area contributed by atoms with Crippen LogP contribution in [0.4, 0.5) is 0 Å². The van der Waals surface area contributed by atoms with Gasteiger partial charge in [-0.2, -0.15) is 0 Å². The fraction of sp³-hybridized carbons (Fsp3) is 0.182. The van der Waals surface area contributed by atoms with Crippen molar-refractivity contribution < 1.29 is 19.4 Å². The number of aryl methyl sites for hydroxylation is 1. The summed E-state index contributed by atoms with van der Waals surface area (Å²) < 4.78 is 14.8. The number of hydrogen-bond acceptors (Lipinski definition) is 6. The first kappa shape index (κ1) is 28.8. The van der Waals surface area contributed by atoms with Crippen molar-refractivity contribution in [2.24, 2.45) is 0 Å². The third-order valence-corrected chi connectivity index (χ3v) is 8.04. The Morgan fingerprint density at radius 3 is 2.12 bits per heavy atom. The van der Waals surface area contributed by atoms with E-state index in [1.54, 1.807) is 26.4 Å². The van der Waals surface area contributed by atoms with Crippen molar-refractivity contribution in [2.45, 2.75) is 32.5 Å². The summed E-state index contributed by atoms with van der Waals surface area (Å²) in [6.07, 6.45) is 1.70. The number of hydrogen-bond donors (Lipinski definition) is 1. The molecule has 2 aromatic heterocycles. The second kappa shape index (κ2) is 12.4. The van der Waals surface area contributed by atoms with Crippen LogP contribution in [0.3, 0.4) is 0 Å². The summed E-state index contributed by atoms with van der Waals surface area (Å²) in [4.78, 5) is 12.6. The molecular weight excluding hydrogens is 548 g/mol. The molecule has 0 aliphatic rings. The van der Waals surface area contributed by atoms with Gasteiger partial charge in [0.1, 0.15) is 16.4 Å². The lowest BCUT2D eigenvalue weighted by molar-refractivity contribution is -0.131. The number of aromatic nitrogens is 4. The average molecular weight is 581 g/mol. The van der Waals surface area contributed by atoms with Crippen molar-refractivity contribution in [2.75, 3.05) is 14.2 Å². The van der Waals surface area contributed by atoms with Crippen LogP contribution >= 0.6 is 11.8 Å². The van der Waals surface area contributed by atoms with Gasteiger partial charge in [-0.25, -0.2) is 4.79 Å². The Kier molecular flexibility index (Phi) is 8.49. The van der Waals surface area contributed by atoms with E-state index >= 15 is 0 Å². The molecule has 9 heteroatoms. The van der Waals surface area contributed by atoms with Crippen LogP contribution in [0.5, 0.6) is 11.5 Å². The van der Waals surface area contributed by atoms with E-state index in [0.29, 0.717) is 29.0 Å². The molecule has 214 valence electrons. The molecule has 42 heavy (non-hydrogen) atoms. The second-order valence-corrected chi connectivity index (χ2v) is 10.7. The summed E-state index contributed by atoms with van der Waals surface area (Å²) in [6.45, 7) is 6.53. The zero-order valence-electron chi connectivity index (χ0n) is 24.2. The molecule has 0 saturated carbocycles. The van der Waals surface area contributed by atoms with Crippen molar-refractivity contribution in [3.63, 3.8) is 0 Å². The molecule has 0 saturated heterocycles. The molecule has 1 N–H and O–H groups in total. The smallest absolute Gasteiger partial charge is 0.342 e. The molecule has 0 aliphatic carbocycles. The first-order valence-corrected chi connectivity index (χ1v) is 14.3. The van der Waals surface area contributed by atoms with Crippen molar-refractivity contribution in [3.05, 3.63) is 101 Å². The molecular formula is C33H32N4O4S. The van der Waals surface area contributed by atoms with E-state index in [4.69, 9.17) is 9.47 Å². The molecule has 0 fully saturated rings. The minimum Gasteiger partial charge on any atom is -0.497 e. The highest BCUT2D eigenvalue weighted by molar-refractivity contribution is 8.04. The Hall–Kier alpha value is -4.76. The highest BCUT2D eigenvalue weighted by Crippen LogP contribution is 2.34. The Bertz CT molecular complexity index is 1730. The van der Waals surface area contributed by atoms with E-state index < -0.39 is 5.97 Å². The largest absolute Gasteiger partial charge is 0.497 e. The molecule has 0 atom stereocenters. The lowest BCUT2D eigenvalue weighted by Crippen LogP contribution is -2.03. The monoisotopic (exact) mass is 580 g/mol. The summed E-state index contributed by atoms with van der Waals surface area (Å²) in [7, 11) is 3.18. The number of nitrogens with zero attached hydrogens (tertiary/aromatic N) is 4. The van der Waals surface area contributed by atoms with E-state index in [2.05, 4.69) is 51.2 Å². The van der Waals surface area contributed by atoms with Gasteiger partial charge in [0.2, 0.25) is 0 Å². The van der Waals surface area contributed by atoms with E-state index in [1.807, 2.05) is 61.7 Å². The van der Waals surface area contributed by atoms with Crippen molar-refractivity contribution in [1.29, 1.82) is 0 Å². The van der Waals surface area contributed by atoms with Gasteiger partial charge in [0, 0.05) is 35.2 Å². The van der Waals surface area contributed by atoms with Crippen LogP contribution in [-0.4, -0.2) is 44.6 Å². The van der Waals surface area contributed by atoms with Crippen LogP contribution in [-0.2, 0) is 11.3 Å². The van der Waals surface area contributed by atoms with Crippen LogP contribution < -0.4 is 9.47 Å². The molecule has 8 nitrogen and oxygen atoms in total. The predicted molar refractivity (Wildman–Crippen MR) is 166 cm³/mol. The fourth-order valence-electron chi connectivity index (χ4n) is 4.94. The van der Waals surface area contributed by atoms with Crippen molar-refractivity contribution >= 4 is 23.8 Å². The molecule has 2 heterocycles. The van der Waals surface area contributed by atoms with Gasteiger partial charge in [0.05, 0.1) is 14.2 Å². The van der Waals surface area contributed by atoms with Crippen molar-refractivity contribution in [3.8, 4) is 39.7 Å². The molecule has 0 radical (unpaired) electrons. The van der Waals surface area contributed by atoms with Gasteiger partial charge < -0.3 is 23.7 Å². The van der Waals surface area contributed by atoms with Gasteiger partial charge in [-0.15, -0.1) is 10.2 Å². The number of ether oxygens (including phenoxy) is 2. The van der Waals surface area contributed by atoms with Gasteiger partial charge in [0.15, 0.2) is 11.0 Å². The molecule has 3 aromatic carbocycles. The van der Waals surface area contributed by atoms with Crippen LogP contribution in [0.15, 0.2) is 88.9 Å². The molecule has 5 rings (SSSR count). The highest BCUT2D eigenvalue weighted by Gasteiger charge is 2.20.